The fraction of sp³-hybridized carbons (Fsp3) is 0.214. The fourth-order valence-electron chi connectivity index (χ4n) is 2.06. The zero-order valence-corrected chi connectivity index (χ0v) is 12.9. The second-order valence-corrected chi connectivity index (χ2v) is 5.48. The van der Waals surface area contributed by atoms with Crippen LogP contribution in [0.2, 0.25) is 0 Å². The fourth-order valence-corrected chi connectivity index (χ4v) is 2.37. The van der Waals surface area contributed by atoms with E-state index in [1.807, 2.05) is 32.9 Å². The molecule has 0 spiro atoms. The van der Waals surface area contributed by atoms with Gasteiger partial charge in [-0.1, -0.05) is 17.7 Å². The molecule has 0 saturated carbocycles. The minimum Gasteiger partial charge on any atom is -0.448 e. The minimum absolute atomic E-state index is 0.124. The predicted octanol–water partition coefficient (Wildman–Crippen LogP) is 4.47. The maximum atomic E-state index is 11.0. The molecule has 6 heteroatoms. The van der Waals surface area contributed by atoms with Crippen molar-refractivity contribution in [1.82, 2.24) is 4.98 Å². The Labute approximate surface area is 124 Å². The molecule has 0 atom stereocenters. The van der Waals surface area contributed by atoms with Gasteiger partial charge in [0.1, 0.15) is 5.75 Å². The Morgan fingerprint density at radius 2 is 1.80 bits per heavy atom. The first-order valence-corrected chi connectivity index (χ1v) is 6.73. The maximum Gasteiger partial charge on any atom is 0.406 e. The first-order chi connectivity index (χ1) is 9.38. The van der Waals surface area contributed by atoms with Gasteiger partial charge in [0, 0.05) is 6.07 Å². The Hall–Kier alpha value is -1.95. The van der Waals surface area contributed by atoms with E-state index in [1.165, 1.54) is 6.20 Å². The van der Waals surface area contributed by atoms with E-state index < -0.39 is 4.92 Å². The Balaban J connectivity index is 2.50. The molecule has 0 unspecified atom stereocenters. The van der Waals surface area contributed by atoms with Gasteiger partial charge in [0.15, 0.2) is 6.20 Å². The SMILES string of the molecule is Cc1cc(C)c(Oc2cc(Br)cnc2[N+](=O)[O-])c(C)c1. The summed E-state index contributed by atoms with van der Waals surface area (Å²) in [5.41, 5.74) is 2.97. The zero-order valence-electron chi connectivity index (χ0n) is 11.3. The summed E-state index contributed by atoms with van der Waals surface area (Å²) in [6.07, 6.45) is 1.37. The molecule has 0 aliphatic heterocycles. The van der Waals surface area contributed by atoms with Gasteiger partial charge < -0.3 is 14.9 Å². The molecule has 104 valence electrons. The summed E-state index contributed by atoms with van der Waals surface area (Å²) in [4.78, 5) is 14.2. The van der Waals surface area contributed by atoms with E-state index in [-0.39, 0.29) is 11.6 Å². The molecular formula is C14H13BrN2O3. The topological polar surface area (TPSA) is 65.3 Å². The monoisotopic (exact) mass is 336 g/mol. The normalized spacial score (nSPS) is 10.4. The van der Waals surface area contributed by atoms with E-state index in [1.54, 1.807) is 6.07 Å². The maximum absolute atomic E-state index is 11.0. The molecule has 0 N–H and O–H groups in total. The number of aryl methyl sites for hydroxylation is 3. The van der Waals surface area contributed by atoms with Crippen molar-refractivity contribution in [3.05, 3.63) is 55.7 Å². The zero-order chi connectivity index (χ0) is 14.9. The Bertz CT molecular complexity index is 663. The molecule has 0 amide bonds. The van der Waals surface area contributed by atoms with Crippen LogP contribution in [-0.2, 0) is 0 Å². The summed E-state index contributed by atoms with van der Waals surface area (Å²) in [5, 5.41) is 11.0. The molecular weight excluding hydrogens is 324 g/mol. The van der Waals surface area contributed by atoms with Crippen LogP contribution in [0, 0.1) is 30.9 Å². The number of hydrogen-bond donors (Lipinski definition) is 0. The molecule has 0 aliphatic rings. The average molecular weight is 337 g/mol. The van der Waals surface area contributed by atoms with E-state index in [0.717, 1.165) is 16.7 Å². The van der Waals surface area contributed by atoms with Crippen molar-refractivity contribution in [2.24, 2.45) is 0 Å². The van der Waals surface area contributed by atoms with Crippen molar-refractivity contribution in [2.45, 2.75) is 20.8 Å². The predicted molar refractivity (Wildman–Crippen MR) is 79.3 cm³/mol. The van der Waals surface area contributed by atoms with E-state index in [9.17, 15) is 10.1 Å². The van der Waals surface area contributed by atoms with Crippen molar-refractivity contribution in [3.63, 3.8) is 0 Å². The van der Waals surface area contributed by atoms with E-state index in [2.05, 4.69) is 20.9 Å². The van der Waals surface area contributed by atoms with Crippen LogP contribution in [0.4, 0.5) is 5.82 Å². The van der Waals surface area contributed by atoms with Crippen LogP contribution in [0.25, 0.3) is 0 Å². The molecule has 2 aromatic rings. The number of halogens is 1. The number of nitrogens with zero attached hydrogens (tertiary/aromatic N) is 2. The van der Waals surface area contributed by atoms with Crippen LogP contribution >= 0.6 is 15.9 Å². The van der Waals surface area contributed by atoms with Crippen molar-refractivity contribution in [3.8, 4) is 11.5 Å². The van der Waals surface area contributed by atoms with Gasteiger partial charge in [0.25, 0.3) is 0 Å². The summed E-state index contributed by atoms with van der Waals surface area (Å²) in [6, 6.07) is 5.49. The summed E-state index contributed by atoms with van der Waals surface area (Å²) >= 11 is 3.24. The van der Waals surface area contributed by atoms with Gasteiger partial charge in [-0.2, -0.15) is 0 Å². The highest BCUT2D eigenvalue weighted by atomic mass is 79.9. The van der Waals surface area contributed by atoms with Crippen LogP contribution in [0.15, 0.2) is 28.9 Å². The third kappa shape index (κ3) is 2.96. The molecule has 0 saturated heterocycles. The van der Waals surface area contributed by atoms with E-state index >= 15 is 0 Å². The standard InChI is InChI=1S/C14H13BrN2O3/c1-8-4-9(2)13(10(3)5-8)20-12-6-11(15)7-16-14(12)17(18)19/h4-7H,1-3H3. The van der Waals surface area contributed by atoms with Crippen molar-refractivity contribution >= 4 is 21.7 Å². The van der Waals surface area contributed by atoms with Crippen LogP contribution in [0.1, 0.15) is 16.7 Å². The van der Waals surface area contributed by atoms with Gasteiger partial charge >= 0.3 is 5.82 Å². The lowest BCUT2D eigenvalue weighted by Gasteiger charge is -2.12. The molecule has 5 nitrogen and oxygen atoms in total. The van der Waals surface area contributed by atoms with E-state index in [4.69, 9.17) is 4.74 Å². The molecule has 0 bridgehead atoms. The van der Waals surface area contributed by atoms with Crippen molar-refractivity contribution in [2.75, 3.05) is 0 Å². The Kier molecular flexibility index (Phi) is 4.04. The average Bonchev–Trinajstić information content (AvgIpc) is 2.33. The van der Waals surface area contributed by atoms with E-state index in [0.29, 0.717) is 10.2 Å². The molecule has 0 radical (unpaired) electrons. The lowest BCUT2D eigenvalue weighted by atomic mass is 10.1. The third-order valence-corrected chi connectivity index (χ3v) is 3.22. The highest BCUT2D eigenvalue weighted by molar-refractivity contribution is 9.10. The quantitative estimate of drug-likeness (QED) is 0.612. The van der Waals surface area contributed by atoms with Gasteiger partial charge in [0.2, 0.25) is 5.75 Å². The Morgan fingerprint density at radius 3 is 2.35 bits per heavy atom. The minimum atomic E-state index is -0.555. The third-order valence-electron chi connectivity index (χ3n) is 2.79. The summed E-state index contributed by atoms with van der Waals surface area (Å²) in [5.74, 6) is 0.450. The molecule has 0 aliphatic carbocycles. The van der Waals surface area contributed by atoms with Crippen molar-refractivity contribution < 1.29 is 9.66 Å². The highest BCUT2D eigenvalue weighted by Gasteiger charge is 2.19. The molecule has 1 aromatic heterocycles. The number of pyridine rings is 1. The molecule has 20 heavy (non-hydrogen) atoms. The van der Waals surface area contributed by atoms with Crippen LogP contribution in [-0.4, -0.2) is 9.91 Å². The largest absolute Gasteiger partial charge is 0.448 e. The number of nitro groups is 1. The summed E-state index contributed by atoms with van der Waals surface area (Å²) in [6.45, 7) is 5.81. The number of benzene rings is 1. The van der Waals surface area contributed by atoms with Gasteiger partial charge in [-0.25, -0.2) is 0 Å². The first kappa shape index (κ1) is 14.5. The van der Waals surface area contributed by atoms with Crippen molar-refractivity contribution in [1.29, 1.82) is 0 Å². The second-order valence-electron chi connectivity index (χ2n) is 4.56. The van der Waals surface area contributed by atoms with Crippen LogP contribution in [0.5, 0.6) is 11.5 Å². The van der Waals surface area contributed by atoms with Gasteiger partial charge in [-0.15, -0.1) is 0 Å². The second kappa shape index (κ2) is 5.58. The van der Waals surface area contributed by atoms with Crippen LogP contribution < -0.4 is 4.74 Å². The first-order valence-electron chi connectivity index (χ1n) is 5.94. The molecule has 0 fully saturated rings. The molecule has 2 rings (SSSR count). The van der Waals surface area contributed by atoms with Gasteiger partial charge in [-0.05, 0) is 57.7 Å². The smallest absolute Gasteiger partial charge is 0.406 e. The van der Waals surface area contributed by atoms with Crippen LogP contribution in [0.3, 0.4) is 0 Å². The van der Waals surface area contributed by atoms with Gasteiger partial charge in [0.05, 0.1) is 4.47 Å². The number of rotatable bonds is 3. The lowest BCUT2D eigenvalue weighted by molar-refractivity contribution is -0.390. The summed E-state index contributed by atoms with van der Waals surface area (Å²) in [7, 11) is 0. The summed E-state index contributed by atoms with van der Waals surface area (Å²) < 4.78 is 6.36. The molecule has 1 aromatic carbocycles. The number of ether oxygens (including phenoxy) is 1. The molecule has 1 heterocycles. The highest BCUT2D eigenvalue weighted by Crippen LogP contribution is 2.35. The number of hydrogen-bond acceptors (Lipinski definition) is 4. The Morgan fingerprint density at radius 1 is 1.20 bits per heavy atom. The lowest BCUT2D eigenvalue weighted by Crippen LogP contribution is -1.98. The number of aromatic nitrogens is 1. The van der Waals surface area contributed by atoms with Gasteiger partial charge in [-0.3, -0.25) is 0 Å².